The Morgan fingerprint density at radius 1 is 1.41 bits per heavy atom. The van der Waals surface area contributed by atoms with Gasteiger partial charge in [0.25, 0.3) is 0 Å². The second kappa shape index (κ2) is 6.75. The fourth-order valence-electron chi connectivity index (χ4n) is 2.33. The Morgan fingerprint density at radius 3 is 2.77 bits per heavy atom. The van der Waals surface area contributed by atoms with Crippen molar-refractivity contribution in [3.05, 3.63) is 28.8 Å². The van der Waals surface area contributed by atoms with Crippen molar-refractivity contribution in [3.8, 4) is 0 Å². The summed E-state index contributed by atoms with van der Waals surface area (Å²) in [5.41, 5.74) is 2.20. The lowest BCUT2D eigenvalue weighted by molar-refractivity contribution is -0.139. The molecule has 0 bridgehead atoms. The van der Waals surface area contributed by atoms with Gasteiger partial charge in [-0.3, -0.25) is 4.79 Å². The maximum atomic E-state index is 11.4. The van der Waals surface area contributed by atoms with Crippen LogP contribution in [0.3, 0.4) is 0 Å². The Hall–Kier alpha value is -1.46. The molecule has 2 rings (SSSR count). The van der Waals surface area contributed by atoms with Gasteiger partial charge in [-0.1, -0.05) is 26.8 Å². The van der Waals surface area contributed by atoms with E-state index in [1.54, 1.807) is 11.3 Å². The van der Waals surface area contributed by atoms with Crippen LogP contribution >= 0.6 is 11.3 Å². The predicted octanol–water partition coefficient (Wildman–Crippen LogP) is 3.97. The number of carboxylic acids is 1. The molecule has 1 aromatic heterocycles. The van der Waals surface area contributed by atoms with Crippen LogP contribution in [-0.2, 0) is 11.3 Å². The third-order valence-corrected chi connectivity index (χ3v) is 4.54. The van der Waals surface area contributed by atoms with Crippen molar-refractivity contribution < 1.29 is 9.90 Å². The van der Waals surface area contributed by atoms with E-state index in [-0.39, 0.29) is 5.41 Å². The van der Waals surface area contributed by atoms with Gasteiger partial charge in [-0.05, 0) is 42.9 Å². The molecule has 1 unspecified atom stereocenters. The van der Waals surface area contributed by atoms with E-state index in [1.165, 1.54) is 4.70 Å². The van der Waals surface area contributed by atoms with Crippen LogP contribution in [0.5, 0.6) is 0 Å². The van der Waals surface area contributed by atoms with Crippen molar-refractivity contribution in [1.82, 2.24) is 10.3 Å². The van der Waals surface area contributed by atoms with E-state index in [0.29, 0.717) is 13.0 Å². The summed E-state index contributed by atoms with van der Waals surface area (Å²) in [7, 11) is 0. The molecule has 4 nitrogen and oxygen atoms in total. The molecule has 0 radical (unpaired) electrons. The predicted molar refractivity (Wildman–Crippen MR) is 91.3 cm³/mol. The number of benzene rings is 1. The Balaban J connectivity index is 1.99. The average Bonchev–Trinajstić information content (AvgIpc) is 2.76. The maximum absolute atomic E-state index is 11.4. The smallest absolute Gasteiger partial charge is 0.320 e. The highest BCUT2D eigenvalue weighted by atomic mass is 32.1. The van der Waals surface area contributed by atoms with Crippen molar-refractivity contribution in [2.45, 2.75) is 53.1 Å². The van der Waals surface area contributed by atoms with Gasteiger partial charge in [0.2, 0.25) is 0 Å². The monoisotopic (exact) mass is 320 g/mol. The first-order valence-corrected chi connectivity index (χ1v) is 8.38. The molecule has 0 spiro atoms. The van der Waals surface area contributed by atoms with Gasteiger partial charge >= 0.3 is 5.97 Å². The van der Waals surface area contributed by atoms with Crippen LogP contribution in [0.4, 0.5) is 0 Å². The number of nitrogens with one attached hydrogen (secondary N) is 1. The summed E-state index contributed by atoms with van der Waals surface area (Å²) in [6, 6.07) is 5.62. The summed E-state index contributed by atoms with van der Waals surface area (Å²) in [4.78, 5) is 15.9. The molecule has 1 atom stereocenters. The fourth-order valence-corrected chi connectivity index (χ4v) is 3.14. The van der Waals surface area contributed by atoms with Gasteiger partial charge in [-0.25, -0.2) is 4.98 Å². The van der Waals surface area contributed by atoms with E-state index in [9.17, 15) is 9.90 Å². The molecule has 1 aromatic carbocycles. The molecule has 0 saturated carbocycles. The molecule has 2 N–H and O–H groups in total. The van der Waals surface area contributed by atoms with Crippen LogP contribution in [0.2, 0.25) is 0 Å². The number of fused-ring (bicyclic) bond motifs is 1. The Morgan fingerprint density at radius 2 is 2.14 bits per heavy atom. The topological polar surface area (TPSA) is 62.2 Å². The molecule has 0 aliphatic carbocycles. The van der Waals surface area contributed by atoms with E-state index in [4.69, 9.17) is 0 Å². The molecule has 5 heteroatoms. The largest absolute Gasteiger partial charge is 0.480 e. The Kier molecular flexibility index (Phi) is 5.19. The highest BCUT2D eigenvalue weighted by Gasteiger charge is 2.20. The van der Waals surface area contributed by atoms with E-state index >= 15 is 0 Å². The minimum atomic E-state index is -0.783. The molecular weight excluding hydrogens is 296 g/mol. The van der Waals surface area contributed by atoms with Crippen molar-refractivity contribution in [2.24, 2.45) is 5.41 Å². The molecule has 120 valence electrons. The summed E-state index contributed by atoms with van der Waals surface area (Å²) in [6.07, 6.45) is 1.51. The maximum Gasteiger partial charge on any atom is 0.320 e. The number of aliphatic carboxylic acids is 1. The number of carbonyl (C=O) groups is 1. The van der Waals surface area contributed by atoms with Crippen LogP contribution in [0, 0.1) is 12.3 Å². The van der Waals surface area contributed by atoms with Gasteiger partial charge in [-0.15, -0.1) is 11.3 Å². The van der Waals surface area contributed by atoms with Crippen LogP contribution < -0.4 is 5.32 Å². The van der Waals surface area contributed by atoms with E-state index in [1.807, 2.05) is 19.1 Å². The number of hydrogen-bond donors (Lipinski definition) is 2. The van der Waals surface area contributed by atoms with Gasteiger partial charge in [0.1, 0.15) is 6.04 Å². The summed E-state index contributed by atoms with van der Waals surface area (Å²) < 4.78 is 1.17. The van der Waals surface area contributed by atoms with E-state index < -0.39 is 12.0 Å². The standard InChI is InChI=1S/C17H24N2O2S/c1-11-19-14-9-12(5-6-15(14)22-11)10-18-13(16(20)21)7-8-17(2,3)4/h5-6,9,13,18H,7-8,10H2,1-4H3,(H,20,21). The van der Waals surface area contributed by atoms with Crippen LogP contribution in [0.15, 0.2) is 18.2 Å². The highest BCUT2D eigenvalue weighted by molar-refractivity contribution is 7.18. The normalized spacial score (nSPS) is 13.5. The number of carboxylic acid groups (broad SMARTS) is 1. The van der Waals surface area contributed by atoms with E-state index in [0.717, 1.165) is 22.5 Å². The molecule has 0 aliphatic heterocycles. The molecular formula is C17H24N2O2S. The summed E-state index contributed by atoms with van der Waals surface area (Å²) in [5, 5.41) is 13.6. The quantitative estimate of drug-likeness (QED) is 0.845. The molecule has 0 aliphatic rings. The lowest BCUT2D eigenvalue weighted by Gasteiger charge is -2.21. The molecule has 0 saturated heterocycles. The second-order valence-electron chi connectivity index (χ2n) is 6.91. The van der Waals surface area contributed by atoms with Gasteiger partial charge < -0.3 is 10.4 Å². The zero-order valence-electron chi connectivity index (χ0n) is 13.6. The SMILES string of the molecule is Cc1nc2cc(CNC(CCC(C)(C)C)C(=O)O)ccc2s1. The third-order valence-electron chi connectivity index (χ3n) is 3.59. The van der Waals surface area contributed by atoms with Crippen LogP contribution in [0.1, 0.15) is 44.2 Å². The molecule has 0 amide bonds. The third kappa shape index (κ3) is 4.78. The zero-order valence-corrected chi connectivity index (χ0v) is 14.5. The lowest BCUT2D eigenvalue weighted by Crippen LogP contribution is -2.37. The first-order valence-electron chi connectivity index (χ1n) is 7.57. The lowest BCUT2D eigenvalue weighted by atomic mass is 9.88. The van der Waals surface area contributed by atoms with Gasteiger partial charge in [0.15, 0.2) is 0 Å². The number of rotatable bonds is 6. The first kappa shape index (κ1) is 16.9. The zero-order chi connectivity index (χ0) is 16.3. The van der Waals surface area contributed by atoms with Gasteiger partial charge in [-0.2, -0.15) is 0 Å². The van der Waals surface area contributed by atoms with Crippen LogP contribution in [-0.4, -0.2) is 22.1 Å². The molecule has 22 heavy (non-hydrogen) atoms. The van der Waals surface area contributed by atoms with Crippen molar-refractivity contribution >= 4 is 27.5 Å². The summed E-state index contributed by atoms with van der Waals surface area (Å²) in [5.74, 6) is -0.783. The summed E-state index contributed by atoms with van der Waals surface area (Å²) in [6.45, 7) is 8.93. The minimum absolute atomic E-state index is 0.145. The first-order chi connectivity index (χ1) is 10.2. The number of thiazole rings is 1. The van der Waals surface area contributed by atoms with Gasteiger partial charge in [0, 0.05) is 6.54 Å². The van der Waals surface area contributed by atoms with Crippen molar-refractivity contribution in [2.75, 3.05) is 0 Å². The minimum Gasteiger partial charge on any atom is -0.480 e. The highest BCUT2D eigenvalue weighted by Crippen LogP contribution is 2.23. The van der Waals surface area contributed by atoms with Crippen molar-refractivity contribution in [3.63, 3.8) is 0 Å². The van der Waals surface area contributed by atoms with Crippen LogP contribution in [0.25, 0.3) is 10.2 Å². The van der Waals surface area contributed by atoms with Gasteiger partial charge in [0.05, 0.1) is 15.2 Å². The fraction of sp³-hybridized carbons (Fsp3) is 0.529. The molecule has 0 fully saturated rings. The number of aryl methyl sites for hydroxylation is 1. The number of hydrogen-bond acceptors (Lipinski definition) is 4. The Labute approximate surface area is 135 Å². The second-order valence-corrected chi connectivity index (χ2v) is 8.14. The Bertz CT molecular complexity index is 658. The molecule has 2 aromatic rings. The number of aromatic nitrogens is 1. The molecule has 1 heterocycles. The van der Waals surface area contributed by atoms with Crippen molar-refractivity contribution in [1.29, 1.82) is 0 Å². The number of nitrogens with zero attached hydrogens (tertiary/aromatic N) is 1. The summed E-state index contributed by atoms with van der Waals surface area (Å²) >= 11 is 1.68. The van der Waals surface area contributed by atoms with E-state index in [2.05, 4.69) is 37.1 Å². The average molecular weight is 320 g/mol.